The summed E-state index contributed by atoms with van der Waals surface area (Å²) in [7, 11) is 0. The molecule has 2 N–H and O–H groups in total. The smallest absolute Gasteiger partial charge is 0.272 e. The zero-order valence-corrected chi connectivity index (χ0v) is 11.1. The van der Waals surface area contributed by atoms with E-state index in [1.165, 1.54) is 0 Å². The van der Waals surface area contributed by atoms with Crippen molar-refractivity contribution in [1.82, 2.24) is 5.43 Å². The van der Waals surface area contributed by atoms with Crippen molar-refractivity contribution in [1.29, 1.82) is 0 Å². The van der Waals surface area contributed by atoms with E-state index in [2.05, 4.69) is 10.9 Å². The highest BCUT2D eigenvalue weighted by Crippen LogP contribution is 2.13. The molecule has 0 unspecified atom stereocenters. The quantitative estimate of drug-likeness (QED) is 0.844. The Balaban J connectivity index is 2.08. The molecule has 0 spiro atoms. The molecule has 3 nitrogen and oxygen atoms in total. The Labute approximate surface area is 115 Å². The number of hydrogen-bond donors (Lipinski definition) is 2. The van der Waals surface area contributed by atoms with Crippen molar-refractivity contribution in [2.45, 2.75) is 13.8 Å². The zero-order valence-electron chi connectivity index (χ0n) is 11.1. The second-order valence-electron chi connectivity index (χ2n) is 4.58. The maximum atomic E-state index is 13.4. The number of aryl methyl sites for hydroxylation is 2. The van der Waals surface area contributed by atoms with E-state index in [0.717, 1.165) is 23.3 Å². The van der Waals surface area contributed by atoms with E-state index in [4.69, 9.17) is 0 Å². The second kappa shape index (κ2) is 5.69. The molecule has 5 heteroatoms. The molecular weight excluding hydrogens is 262 g/mol. The highest BCUT2D eigenvalue weighted by Gasteiger charge is 2.12. The first-order valence-corrected chi connectivity index (χ1v) is 6.05. The summed E-state index contributed by atoms with van der Waals surface area (Å²) in [4.78, 5) is 11.8. The number of halogens is 2. The molecule has 2 aromatic rings. The molecule has 104 valence electrons. The molecule has 0 fully saturated rings. The predicted octanol–water partition coefficient (Wildman–Crippen LogP) is 3.34. The Morgan fingerprint density at radius 3 is 2.25 bits per heavy atom. The first kappa shape index (κ1) is 14.0. The number of benzene rings is 2. The van der Waals surface area contributed by atoms with Gasteiger partial charge in [0.2, 0.25) is 0 Å². The van der Waals surface area contributed by atoms with Crippen molar-refractivity contribution < 1.29 is 13.6 Å². The van der Waals surface area contributed by atoms with Crippen molar-refractivity contribution in [2.75, 3.05) is 5.43 Å². The predicted molar refractivity (Wildman–Crippen MR) is 73.4 cm³/mol. The lowest BCUT2D eigenvalue weighted by molar-refractivity contribution is 0.0958. The Morgan fingerprint density at radius 1 is 1.00 bits per heavy atom. The fourth-order valence-electron chi connectivity index (χ4n) is 1.92. The van der Waals surface area contributed by atoms with E-state index in [0.29, 0.717) is 11.8 Å². The third-order valence-corrected chi connectivity index (χ3v) is 2.72. The van der Waals surface area contributed by atoms with Gasteiger partial charge in [0.15, 0.2) is 0 Å². The lowest BCUT2D eigenvalue weighted by Crippen LogP contribution is -2.30. The summed E-state index contributed by atoms with van der Waals surface area (Å²) >= 11 is 0. The summed E-state index contributed by atoms with van der Waals surface area (Å²) in [5.74, 6) is -2.28. The molecule has 0 aromatic heterocycles. The Morgan fingerprint density at radius 2 is 1.65 bits per heavy atom. The van der Waals surface area contributed by atoms with Crippen LogP contribution in [0.4, 0.5) is 14.5 Å². The van der Waals surface area contributed by atoms with Crippen LogP contribution in [0.3, 0.4) is 0 Å². The van der Waals surface area contributed by atoms with Gasteiger partial charge in [-0.2, -0.15) is 0 Å². The van der Waals surface area contributed by atoms with Gasteiger partial charge >= 0.3 is 0 Å². The topological polar surface area (TPSA) is 41.1 Å². The van der Waals surface area contributed by atoms with Crippen molar-refractivity contribution in [3.63, 3.8) is 0 Å². The van der Waals surface area contributed by atoms with Gasteiger partial charge in [0.25, 0.3) is 5.91 Å². The van der Waals surface area contributed by atoms with Crippen molar-refractivity contribution in [3.05, 3.63) is 64.7 Å². The molecule has 1 amide bonds. The van der Waals surface area contributed by atoms with Crippen LogP contribution < -0.4 is 10.9 Å². The standard InChI is InChI=1S/C15H14F2N2O/c1-9-5-10(2)7-12(6-9)18-19-15(20)13-4-3-11(16)8-14(13)17/h3-8,18H,1-2H3,(H,19,20). The first-order chi connectivity index (χ1) is 9.45. The van der Waals surface area contributed by atoms with E-state index in [1.54, 1.807) is 0 Å². The summed E-state index contributed by atoms with van der Waals surface area (Å²) in [6, 6.07) is 8.49. The number of hydrogen-bond acceptors (Lipinski definition) is 2. The van der Waals surface area contributed by atoms with Gasteiger partial charge in [0, 0.05) is 6.07 Å². The molecule has 0 heterocycles. The van der Waals surface area contributed by atoms with Crippen LogP contribution in [0.5, 0.6) is 0 Å². The third kappa shape index (κ3) is 3.32. The number of carbonyl (C=O) groups excluding carboxylic acids is 1. The molecule has 0 radical (unpaired) electrons. The minimum atomic E-state index is -0.898. The third-order valence-electron chi connectivity index (χ3n) is 2.72. The highest BCUT2D eigenvalue weighted by molar-refractivity contribution is 5.95. The Bertz CT molecular complexity index is 636. The zero-order chi connectivity index (χ0) is 14.7. The van der Waals surface area contributed by atoms with Gasteiger partial charge in [0.1, 0.15) is 11.6 Å². The summed E-state index contributed by atoms with van der Waals surface area (Å²) < 4.78 is 26.2. The molecule has 0 atom stereocenters. The fraction of sp³-hybridized carbons (Fsp3) is 0.133. The molecule has 0 saturated heterocycles. The average Bonchev–Trinajstić information content (AvgIpc) is 2.35. The van der Waals surface area contributed by atoms with Crippen LogP contribution in [0.25, 0.3) is 0 Å². The molecule has 20 heavy (non-hydrogen) atoms. The van der Waals surface area contributed by atoms with E-state index >= 15 is 0 Å². The first-order valence-electron chi connectivity index (χ1n) is 6.05. The summed E-state index contributed by atoms with van der Waals surface area (Å²) in [6.45, 7) is 3.86. The summed E-state index contributed by atoms with van der Waals surface area (Å²) in [6.07, 6.45) is 0. The Kier molecular flexibility index (Phi) is 3.98. The van der Waals surface area contributed by atoms with E-state index in [-0.39, 0.29) is 5.56 Å². The average molecular weight is 276 g/mol. The van der Waals surface area contributed by atoms with Crippen LogP contribution >= 0.6 is 0 Å². The molecule has 0 saturated carbocycles. The number of rotatable bonds is 3. The number of amides is 1. The van der Waals surface area contributed by atoms with Crippen molar-refractivity contribution >= 4 is 11.6 Å². The minimum Gasteiger partial charge on any atom is -0.298 e. The SMILES string of the molecule is Cc1cc(C)cc(NNC(=O)c2ccc(F)cc2F)c1. The van der Waals surface area contributed by atoms with Crippen molar-refractivity contribution in [2.24, 2.45) is 0 Å². The van der Waals surface area contributed by atoms with Crippen LogP contribution in [0.15, 0.2) is 36.4 Å². The maximum absolute atomic E-state index is 13.4. The van der Waals surface area contributed by atoms with Crippen LogP contribution in [0.2, 0.25) is 0 Å². The second-order valence-corrected chi connectivity index (χ2v) is 4.58. The van der Waals surface area contributed by atoms with Gasteiger partial charge in [-0.15, -0.1) is 0 Å². The van der Waals surface area contributed by atoms with Gasteiger partial charge < -0.3 is 0 Å². The number of anilines is 1. The lowest BCUT2D eigenvalue weighted by Gasteiger charge is -2.10. The minimum absolute atomic E-state index is 0.219. The van der Waals surface area contributed by atoms with Gasteiger partial charge in [-0.25, -0.2) is 8.78 Å². The molecule has 0 aliphatic carbocycles. The monoisotopic (exact) mass is 276 g/mol. The molecule has 0 aliphatic rings. The number of carbonyl (C=O) groups is 1. The van der Waals surface area contributed by atoms with Gasteiger partial charge in [0.05, 0.1) is 11.3 Å². The lowest BCUT2D eigenvalue weighted by atomic mass is 10.1. The van der Waals surface area contributed by atoms with Gasteiger partial charge in [-0.1, -0.05) is 6.07 Å². The van der Waals surface area contributed by atoms with Crippen LogP contribution in [0.1, 0.15) is 21.5 Å². The molecular formula is C15H14F2N2O. The largest absolute Gasteiger partial charge is 0.298 e. The van der Waals surface area contributed by atoms with Gasteiger partial charge in [-0.05, 0) is 49.2 Å². The van der Waals surface area contributed by atoms with Crippen LogP contribution in [-0.2, 0) is 0 Å². The summed E-state index contributed by atoms with van der Waals surface area (Å²) in [5, 5.41) is 0. The van der Waals surface area contributed by atoms with Crippen LogP contribution in [0, 0.1) is 25.5 Å². The number of hydrazine groups is 1. The molecule has 0 aliphatic heterocycles. The number of nitrogens with one attached hydrogen (secondary N) is 2. The summed E-state index contributed by atoms with van der Waals surface area (Å²) in [5.41, 5.74) is 7.63. The molecule has 2 aromatic carbocycles. The normalized spacial score (nSPS) is 10.2. The van der Waals surface area contributed by atoms with E-state index < -0.39 is 17.5 Å². The van der Waals surface area contributed by atoms with Crippen LogP contribution in [-0.4, -0.2) is 5.91 Å². The Hall–Kier alpha value is -2.43. The molecule has 2 rings (SSSR count). The molecule has 0 bridgehead atoms. The fourth-order valence-corrected chi connectivity index (χ4v) is 1.92. The van der Waals surface area contributed by atoms with E-state index in [9.17, 15) is 13.6 Å². The van der Waals surface area contributed by atoms with E-state index in [1.807, 2.05) is 32.0 Å². The maximum Gasteiger partial charge on any atom is 0.272 e. The van der Waals surface area contributed by atoms with Crippen molar-refractivity contribution in [3.8, 4) is 0 Å². The highest BCUT2D eigenvalue weighted by atomic mass is 19.1. The van der Waals surface area contributed by atoms with Gasteiger partial charge in [-0.3, -0.25) is 15.6 Å².